The summed E-state index contributed by atoms with van der Waals surface area (Å²) in [6.45, 7) is 4.28. The molecule has 6 aliphatic rings. The molecule has 162 valence electrons. The molecule has 4 bridgehead atoms. The lowest BCUT2D eigenvalue weighted by Gasteiger charge is -2.56. The van der Waals surface area contributed by atoms with E-state index in [9.17, 15) is 4.79 Å². The number of carbonyl (C=O) groups excluding carboxylic acids is 1. The molecule has 0 radical (unpaired) electrons. The number of halogens is 1. The Morgan fingerprint density at radius 3 is 1.71 bits per heavy atom. The van der Waals surface area contributed by atoms with Gasteiger partial charge in [0.2, 0.25) is 0 Å². The first-order valence-electron chi connectivity index (χ1n) is 11.4. The van der Waals surface area contributed by atoms with Crippen molar-refractivity contribution in [1.29, 1.82) is 0 Å². The second kappa shape index (κ2) is 9.96. The number of nitrogens with two attached hydrogens (primary N) is 1. The van der Waals surface area contributed by atoms with E-state index in [1.54, 1.807) is 0 Å². The predicted octanol–water partition coefficient (Wildman–Crippen LogP) is -1.29. The largest absolute Gasteiger partial charge is 1.00 e. The second-order valence-corrected chi connectivity index (χ2v) is 9.91. The average molecular weight is 413 g/mol. The summed E-state index contributed by atoms with van der Waals surface area (Å²) < 4.78 is 0. The Hall–Kier alpha value is -0.560. The first-order valence-corrected chi connectivity index (χ1v) is 11.4. The fourth-order valence-corrected chi connectivity index (χ4v) is 6.54. The van der Waals surface area contributed by atoms with E-state index >= 15 is 0 Å². The first kappa shape index (κ1) is 22.1. The Balaban J connectivity index is 0.000000241. The van der Waals surface area contributed by atoms with Crippen molar-refractivity contribution < 1.29 is 17.2 Å². The molecule has 28 heavy (non-hydrogen) atoms. The fourth-order valence-electron chi connectivity index (χ4n) is 6.54. The molecule has 0 aromatic carbocycles. The Morgan fingerprint density at radius 2 is 1.29 bits per heavy atom. The van der Waals surface area contributed by atoms with Crippen LogP contribution in [0.2, 0.25) is 0 Å². The molecule has 7 heteroatoms. The minimum atomic E-state index is 0. The van der Waals surface area contributed by atoms with Crippen LogP contribution in [0.15, 0.2) is 0 Å². The lowest BCUT2D eigenvalue weighted by Crippen LogP contribution is -3.00. The zero-order valence-electron chi connectivity index (χ0n) is 17.1. The third kappa shape index (κ3) is 5.74. The van der Waals surface area contributed by atoms with E-state index in [0.29, 0.717) is 12.1 Å². The fraction of sp³-hybridized carbons (Fsp3) is 0.952. The van der Waals surface area contributed by atoms with Crippen molar-refractivity contribution >= 4 is 6.03 Å². The number of amides is 2. The average Bonchev–Trinajstić information content (AvgIpc) is 2.62. The van der Waals surface area contributed by atoms with Gasteiger partial charge in [-0.15, -0.1) is 0 Å². The standard InChI is InChI=1S/C16H27N3O.C5H12N2.ClH/c20-15(18-14-1-3-17-4-2-14)19-16-8-11-5-12(9-16)7-13(6-11)10-16;6-5-1-3-7-4-2-5;/h11-14,17H,1-10H2,(H2,18,19,20);5,7H,1-4,6H2;1H/p-1. The minimum absolute atomic E-state index is 0. The van der Waals surface area contributed by atoms with Gasteiger partial charge in [-0.2, -0.15) is 0 Å². The number of hydrogen-bond acceptors (Lipinski definition) is 4. The van der Waals surface area contributed by atoms with E-state index < -0.39 is 0 Å². The van der Waals surface area contributed by atoms with E-state index in [1.165, 1.54) is 38.5 Å². The van der Waals surface area contributed by atoms with Crippen molar-refractivity contribution in [2.45, 2.75) is 81.8 Å². The van der Waals surface area contributed by atoms with Crippen LogP contribution in [-0.4, -0.2) is 49.8 Å². The predicted molar refractivity (Wildman–Crippen MR) is 109 cm³/mol. The third-order valence-electron chi connectivity index (χ3n) is 7.48. The van der Waals surface area contributed by atoms with Gasteiger partial charge in [0.15, 0.2) is 0 Å². The molecule has 0 aromatic heterocycles. The zero-order valence-corrected chi connectivity index (χ0v) is 17.9. The highest BCUT2D eigenvalue weighted by Gasteiger charge is 2.51. The van der Waals surface area contributed by atoms with Crippen molar-refractivity contribution in [3.63, 3.8) is 0 Å². The number of hydrogen-bond donors (Lipinski definition) is 5. The Kier molecular flexibility index (Phi) is 7.88. The molecule has 2 aliphatic heterocycles. The molecule has 0 spiro atoms. The molecule has 2 amide bonds. The van der Waals surface area contributed by atoms with Gasteiger partial charge in [0, 0.05) is 17.6 Å². The molecular formula is C21H39ClN5O-. The van der Waals surface area contributed by atoms with Gasteiger partial charge in [-0.25, -0.2) is 4.79 Å². The summed E-state index contributed by atoms with van der Waals surface area (Å²) in [5.74, 6) is 2.67. The molecule has 4 aliphatic carbocycles. The molecule has 4 saturated carbocycles. The zero-order chi connectivity index (χ0) is 18.7. The molecule has 0 atom stereocenters. The van der Waals surface area contributed by atoms with Gasteiger partial charge < -0.3 is 39.4 Å². The van der Waals surface area contributed by atoms with Crippen LogP contribution in [0.5, 0.6) is 0 Å². The number of piperidine rings is 2. The molecular weight excluding hydrogens is 374 g/mol. The molecule has 6 fully saturated rings. The van der Waals surface area contributed by atoms with Gasteiger partial charge in [-0.05, 0) is 108 Å². The van der Waals surface area contributed by atoms with Crippen LogP contribution < -0.4 is 39.4 Å². The van der Waals surface area contributed by atoms with E-state index in [1.807, 2.05) is 0 Å². The van der Waals surface area contributed by atoms with Gasteiger partial charge in [0.05, 0.1) is 0 Å². The maximum absolute atomic E-state index is 12.4. The summed E-state index contributed by atoms with van der Waals surface area (Å²) in [6.07, 6.45) is 12.4. The van der Waals surface area contributed by atoms with E-state index in [-0.39, 0.29) is 24.0 Å². The number of carbonyl (C=O) groups is 1. The van der Waals surface area contributed by atoms with Gasteiger partial charge in [0.25, 0.3) is 0 Å². The summed E-state index contributed by atoms with van der Waals surface area (Å²) in [4.78, 5) is 12.4. The van der Waals surface area contributed by atoms with Gasteiger partial charge in [0.1, 0.15) is 0 Å². The topological polar surface area (TPSA) is 91.2 Å². The molecule has 6 N–H and O–H groups in total. The van der Waals surface area contributed by atoms with Crippen LogP contribution in [0.4, 0.5) is 4.79 Å². The SMILES string of the molecule is NC1CCNCC1.O=C(NC1CCNCC1)NC12CC3CC(CC(C3)C1)C2.[Cl-]. The molecule has 6 nitrogen and oxygen atoms in total. The third-order valence-corrected chi connectivity index (χ3v) is 7.48. The van der Waals surface area contributed by atoms with Crippen LogP contribution in [0.3, 0.4) is 0 Å². The Bertz CT molecular complexity index is 470. The second-order valence-electron chi connectivity index (χ2n) is 9.91. The van der Waals surface area contributed by atoms with Crippen LogP contribution in [-0.2, 0) is 0 Å². The Morgan fingerprint density at radius 1 is 0.821 bits per heavy atom. The van der Waals surface area contributed by atoms with Crippen LogP contribution in [0.1, 0.15) is 64.2 Å². The van der Waals surface area contributed by atoms with Crippen molar-refractivity contribution in [2.75, 3.05) is 26.2 Å². The highest BCUT2D eigenvalue weighted by atomic mass is 35.5. The van der Waals surface area contributed by atoms with Crippen molar-refractivity contribution in [1.82, 2.24) is 21.3 Å². The van der Waals surface area contributed by atoms with Gasteiger partial charge >= 0.3 is 6.03 Å². The van der Waals surface area contributed by atoms with E-state index in [2.05, 4.69) is 21.3 Å². The highest BCUT2D eigenvalue weighted by Crippen LogP contribution is 2.55. The van der Waals surface area contributed by atoms with Crippen LogP contribution >= 0.6 is 0 Å². The van der Waals surface area contributed by atoms with Crippen molar-refractivity contribution in [3.8, 4) is 0 Å². The van der Waals surface area contributed by atoms with Crippen LogP contribution in [0.25, 0.3) is 0 Å². The summed E-state index contributed by atoms with van der Waals surface area (Å²) in [5, 5.41) is 13.2. The summed E-state index contributed by atoms with van der Waals surface area (Å²) >= 11 is 0. The number of rotatable bonds is 2. The van der Waals surface area contributed by atoms with Crippen molar-refractivity contribution in [3.05, 3.63) is 0 Å². The summed E-state index contributed by atoms with van der Waals surface area (Å²) in [7, 11) is 0. The summed E-state index contributed by atoms with van der Waals surface area (Å²) in [5.41, 5.74) is 5.74. The molecule has 0 aromatic rings. The number of urea groups is 1. The summed E-state index contributed by atoms with van der Waals surface area (Å²) in [6, 6.07) is 0.935. The number of nitrogens with one attached hydrogen (secondary N) is 4. The Labute approximate surface area is 176 Å². The lowest BCUT2D eigenvalue weighted by molar-refractivity contribution is -0.0137. The maximum atomic E-state index is 12.4. The minimum Gasteiger partial charge on any atom is -1.00 e. The van der Waals surface area contributed by atoms with Gasteiger partial charge in [-0.3, -0.25) is 0 Å². The molecule has 6 rings (SSSR count). The maximum Gasteiger partial charge on any atom is 0.315 e. The molecule has 2 heterocycles. The first-order chi connectivity index (χ1) is 13.1. The van der Waals surface area contributed by atoms with Crippen molar-refractivity contribution in [2.24, 2.45) is 23.5 Å². The normalized spacial score (nSPS) is 37.4. The highest BCUT2D eigenvalue weighted by molar-refractivity contribution is 5.75. The van der Waals surface area contributed by atoms with E-state index in [4.69, 9.17) is 5.73 Å². The van der Waals surface area contributed by atoms with E-state index in [0.717, 1.165) is 69.6 Å². The monoisotopic (exact) mass is 412 g/mol. The van der Waals surface area contributed by atoms with Gasteiger partial charge in [-0.1, -0.05) is 0 Å². The lowest BCUT2D eigenvalue weighted by atomic mass is 9.53. The smallest absolute Gasteiger partial charge is 0.315 e. The van der Waals surface area contributed by atoms with Crippen LogP contribution in [0, 0.1) is 17.8 Å². The quantitative estimate of drug-likeness (QED) is 0.390. The molecule has 2 saturated heterocycles. The molecule has 0 unspecified atom stereocenters.